The topological polar surface area (TPSA) is 49.8 Å². The summed E-state index contributed by atoms with van der Waals surface area (Å²) in [5.41, 5.74) is 0. The number of rotatable bonds is 5. The quantitative estimate of drug-likeness (QED) is 0.724. The van der Waals surface area contributed by atoms with E-state index in [1.54, 1.807) is 6.20 Å². The van der Waals surface area contributed by atoms with E-state index in [2.05, 4.69) is 27.5 Å². The molecule has 0 aliphatic rings. The minimum atomic E-state index is 0.695. The summed E-state index contributed by atoms with van der Waals surface area (Å²) in [5, 5.41) is 6.26. The molecule has 0 spiro atoms. The maximum Gasteiger partial charge on any atom is 0.224 e. The molecule has 0 aliphatic carbocycles. The fraction of sp³-hybridized carbons (Fsp3) is 0.556. The number of nitrogens with zero attached hydrogens (tertiary/aromatic N) is 2. The molecule has 0 amide bonds. The van der Waals surface area contributed by atoms with Gasteiger partial charge in [0.05, 0.1) is 0 Å². The van der Waals surface area contributed by atoms with Gasteiger partial charge in [-0.05, 0) is 19.4 Å². The number of hydrogen-bond acceptors (Lipinski definition) is 4. The third-order valence-corrected chi connectivity index (χ3v) is 1.55. The van der Waals surface area contributed by atoms with E-state index >= 15 is 0 Å². The lowest BCUT2D eigenvalue weighted by Gasteiger charge is -2.05. The Morgan fingerprint density at radius 3 is 2.85 bits per heavy atom. The van der Waals surface area contributed by atoms with E-state index in [1.807, 2.05) is 13.0 Å². The van der Waals surface area contributed by atoms with Crippen LogP contribution in [0.4, 0.5) is 11.8 Å². The van der Waals surface area contributed by atoms with Crippen molar-refractivity contribution >= 4 is 11.8 Å². The van der Waals surface area contributed by atoms with Crippen LogP contribution in [0.2, 0.25) is 0 Å². The summed E-state index contributed by atoms with van der Waals surface area (Å²) in [5.74, 6) is 1.57. The van der Waals surface area contributed by atoms with Gasteiger partial charge in [0.15, 0.2) is 0 Å². The van der Waals surface area contributed by atoms with Gasteiger partial charge in [-0.1, -0.05) is 6.92 Å². The molecule has 0 atom stereocenters. The fourth-order valence-electron chi connectivity index (χ4n) is 0.960. The Morgan fingerprint density at radius 1 is 1.31 bits per heavy atom. The summed E-state index contributed by atoms with van der Waals surface area (Å²) >= 11 is 0. The Morgan fingerprint density at radius 2 is 2.15 bits per heavy atom. The average molecular weight is 180 g/mol. The van der Waals surface area contributed by atoms with Crippen molar-refractivity contribution in [3.8, 4) is 0 Å². The molecule has 1 aromatic rings. The van der Waals surface area contributed by atoms with Crippen molar-refractivity contribution in [3.05, 3.63) is 12.3 Å². The van der Waals surface area contributed by atoms with Gasteiger partial charge in [-0.15, -0.1) is 0 Å². The molecule has 2 N–H and O–H groups in total. The Kier molecular flexibility index (Phi) is 4.02. The van der Waals surface area contributed by atoms with Gasteiger partial charge in [0.25, 0.3) is 0 Å². The van der Waals surface area contributed by atoms with Crippen molar-refractivity contribution in [1.29, 1.82) is 0 Å². The predicted octanol–water partition coefficient (Wildman–Crippen LogP) is 1.73. The van der Waals surface area contributed by atoms with Gasteiger partial charge >= 0.3 is 0 Å². The van der Waals surface area contributed by atoms with E-state index < -0.39 is 0 Å². The molecular formula is C9H16N4. The molecule has 13 heavy (non-hydrogen) atoms. The van der Waals surface area contributed by atoms with Crippen molar-refractivity contribution < 1.29 is 0 Å². The van der Waals surface area contributed by atoms with E-state index in [0.29, 0.717) is 5.95 Å². The molecule has 0 saturated carbocycles. The molecular weight excluding hydrogens is 164 g/mol. The number of hydrogen-bond donors (Lipinski definition) is 2. The van der Waals surface area contributed by atoms with Gasteiger partial charge in [0.1, 0.15) is 5.82 Å². The van der Waals surface area contributed by atoms with Crippen LogP contribution in [-0.2, 0) is 0 Å². The monoisotopic (exact) mass is 180 g/mol. The van der Waals surface area contributed by atoms with Crippen LogP contribution < -0.4 is 10.6 Å². The summed E-state index contributed by atoms with van der Waals surface area (Å²) in [7, 11) is 0. The maximum absolute atomic E-state index is 4.27. The molecule has 0 fully saturated rings. The van der Waals surface area contributed by atoms with Crippen LogP contribution in [0.1, 0.15) is 20.3 Å². The lowest BCUT2D eigenvalue weighted by molar-refractivity contribution is 0.951. The number of nitrogens with one attached hydrogen (secondary N) is 2. The second-order valence-corrected chi connectivity index (χ2v) is 2.72. The lowest BCUT2D eigenvalue weighted by atomic mass is 10.5. The van der Waals surface area contributed by atoms with Crippen LogP contribution in [0, 0.1) is 0 Å². The van der Waals surface area contributed by atoms with Gasteiger partial charge in [-0.25, -0.2) is 4.98 Å². The van der Waals surface area contributed by atoms with Crippen molar-refractivity contribution in [2.45, 2.75) is 20.3 Å². The summed E-state index contributed by atoms with van der Waals surface area (Å²) in [6.45, 7) is 5.95. The molecule has 4 heteroatoms. The van der Waals surface area contributed by atoms with Crippen molar-refractivity contribution in [2.24, 2.45) is 0 Å². The zero-order chi connectivity index (χ0) is 9.52. The third-order valence-electron chi connectivity index (χ3n) is 1.55. The van der Waals surface area contributed by atoms with E-state index in [4.69, 9.17) is 0 Å². The minimum absolute atomic E-state index is 0.695. The van der Waals surface area contributed by atoms with Crippen LogP contribution in [0.3, 0.4) is 0 Å². The first kappa shape index (κ1) is 9.77. The Bertz CT molecular complexity index is 249. The Labute approximate surface area is 78.8 Å². The number of aromatic nitrogens is 2. The average Bonchev–Trinajstić information content (AvgIpc) is 2.16. The summed E-state index contributed by atoms with van der Waals surface area (Å²) in [4.78, 5) is 8.36. The SMILES string of the molecule is CCCNc1nccc(NCC)n1. The molecule has 0 radical (unpaired) electrons. The molecule has 0 bridgehead atoms. The van der Waals surface area contributed by atoms with Crippen molar-refractivity contribution in [2.75, 3.05) is 23.7 Å². The second kappa shape index (κ2) is 5.35. The Hall–Kier alpha value is -1.32. The first-order valence-electron chi connectivity index (χ1n) is 4.67. The summed E-state index contributed by atoms with van der Waals surface area (Å²) in [6.07, 6.45) is 2.83. The maximum atomic E-state index is 4.27. The zero-order valence-electron chi connectivity index (χ0n) is 8.17. The first-order valence-corrected chi connectivity index (χ1v) is 4.67. The molecule has 0 saturated heterocycles. The van der Waals surface area contributed by atoms with Crippen LogP contribution in [-0.4, -0.2) is 23.1 Å². The Balaban J connectivity index is 2.56. The largest absolute Gasteiger partial charge is 0.370 e. The number of anilines is 2. The molecule has 1 heterocycles. The summed E-state index contributed by atoms with van der Waals surface area (Å²) in [6, 6.07) is 1.86. The molecule has 0 aliphatic heterocycles. The highest BCUT2D eigenvalue weighted by atomic mass is 15.1. The van der Waals surface area contributed by atoms with Crippen molar-refractivity contribution in [3.63, 3.8) is 0 Å². The van der Waals surface area contributed by atoms with Gasteiger partial charge < -0.3 is 10.6 Å². The van der Waals surface area contributed by atoms with E-state index in [1.165, 1.54) is 0 Å². The van der Waals surface area contributed by atoms with Gasteiger partial charge in [-0.3, -0.25) is 0 Å². The van der Waals surface area contributed by atoms with Gasteiger partial charge in [0, 0.05) is 19.3 Å². The molecule has 0 aromatic carbocycles. The summed E-state index contributed by atoms with van der Waals surface area (Å²) < 4.78 is 0. The van der Waals surface area contributed by atoms with Crippen molar-refractivity contribution in [1.82, 2.24) is 9.97 Å². The van der Waals surface area contributed by atoms with Crippen LogP contribution >= 0.6 is 0 Å². The van der Waals surface area contributed by atoms with Gasteiger partial charge in [-0.2, -0.15) is 4.98 Å². The lowest BCUT2D eigenvalue weighted by Crippen LogP contribution is -2.06. The minimum Gasteiger partial charge on any atom is -0.370 e. The highest BCUT2D eigenvalue weighted by Gasteiger charge is 1.95. The molecule has 0 unspecified atom stereocenters. The van der Waals surface area contributed by atoms with Crippen LogP contribution in [0.25, 0.3) is 0 Å². The molecule has 1 rings (SSSR count). The van der Waals surface area contributed by atoms with E-state index in [9.17, 15) is 0 Å². The second-order valence-electron chi connectivity index (χ2n) is 2.72. The first-order chi connectivity index (χ1) is 6.36. The van der Waals surface area contributed by atoms with Crippen LogP contribution in [0.5, 0.6) is 0 Å². The fourth-order valence-corrected chi connectivity index (χ4v) is 0.960. The zero-order valence-corrected chi connectivity index (χ0v) is 8.17. The molecule has 72 valence electrons. The highest BCUT2D eigenvalue weighted by Crippen LogP contribution is 2.04. The van der Waals surface area contributed by atoms with E-state index in [-0.39, 0.29) is 0 Å². The normalized spacial score (nSPS) is 9.69. The predicted molar refractivity (Wildman–Crippen MR) is 55.0 cm³/mol. The third kappa shape index (κ3) is 3.27. The smallest absolute Gasteiger partial charge is 0.224 e. The van der Waals surface area contributed by atoms with Crippen LogP contribution in [0.15, 0.2) is 12.3 Å². The van der Waals surface area contributed by atoms with E-state index in [0.717, 1.165) is 25.3 Å². The molecule has 4 nitrogen and oxygen atoms in total. The molecule has 1 aromatic heterocycles. The highest BCUT2D eigenvalue weighted by molar-refractivity contribution is 5.39. The van der Waals surface area contributed by atoms with Gasteiger partial charge in [0.2, 0.25) is 5.95 Å². The standard InChI is InChI=1S/C9H16N4/c1-3-6-11-9-12-7-5-8(13-9)10-4-2/h5,7H,3-4,6H2,1-2H3,(H2,10,11,12,13).